The third-order valence-corrected chi connectivity index (χ3v) is 5.25. The molecule has 0 radical (unpaired) electrons. The number of phenols is 2. The average Bonchev–Trinajstić information content (AvgIpc) is 2.69. The van der Waals surface area contributed by atoms with Gasteiger partial charge in [-0.05, 0) is 69.5 Å². The summed E-state index contributed by atoms with van der Waals surface area (Å²) < 4.78 is 0. The fraction of sp³-hybridized carbons (Fsp3) is 0.231. The first-order valence-electron chi connectivity index (χ1n) is 9.78. The highest BCUT2D eigenvalue weighted by atomic mass is 35.5. The fourth-order valence-corrected chi connectivity index (χ4v) is 3.64. The lowest BCUT2D eigenvalue weighted by Gasteiger charge is -2.21. The van der Waals surface area contributed by atoms with E-state index in [2.05, 4.69) is 45.0 Å². The molecular weight excluding hydrogens is 380 g/mol. The normalized spacial score (nSPS) is 12.6. The molecule has 0 aliphatic heterocycles. The fourth-order valence-electron chi connectivity index (χ4n) is 3.45. The van der Waals surface area contributed by atoms with Crippen molar-refractivity contribution in [1.29, 1.82) is 0 Å². The van der Waals surface area contributed by atoms with Gasteiger partial charge < -0.3 is 10.2 Å². The van der Waals surface area contributed by atoms with Gasteiger partial charge in [-0.15, -0.1) is 11.6 Å². The largest absolute Gasteiger partial charge is 0.508 e. The summed E-state index contributed by atoms with van der Waals surface area (Å²) in [6.45, 7) is 6.61. The maximum atomic E-state index is 9.76. The van der Waals surface area contributed by atoms with Crippen molar-refractivity contribution in [3.8, 4) is 11.5 Å². The molecule has 0 aliphatic carbocycles. The topological polar surface area (TPSA) is 40.5 Å². The van der Waals surface area contributed by atoms with E-state index < -0.39 is 0 Å². The van der Waals surface area contributed by atoms with Gasteiger partial charge in [0.05, 0.1) is 0 Å². The summed E-state index contributed by atoms with van der Waals surface area (Å²) in [6, 6.07) is 23.1. The molecule has 3 heteroatoms. The van der Waals surface area contributed by atoms with E-state index in [0.29, 0.717) is 12.3 Å². The number of aromatic hydroxyl groups is 2. The van der Waals surface area contributed by atoms with Crippen LogP contribution in [0.1, 0.15) is 49.4 Å². The maximum Gasteiger partial charge on any atom is 0.115 e. The van der Waals surface area contributed by atoms with Gasteiger partial charge in [-0.3, -0.25) is 0 Å². The van der Waals surface area contributed by atoms with Crippen LogP contribution < -0.4 is 0 Å². The van der Waals surface area contributed by atoms with Gasteiger partial charge in [0.15, 0.2) is 0 Å². The molecule has 0 aromatic heterocycles. The molecule has 0 amide bonds. The summed E-state index contributed by atoms with van der Waals surface area (Å²) in [5.41, 5.74) is 6.67. The number of halogens is 1. The highest BCUT2D eigenvalue weighted by Gasteiger charge is 2.17. The molecule has 3 aromatic carbocycles. The number of phenolic OH excluding ortho intramolecular Hbond substituents is 2. The summed E-state index contributed by atoms with van der Waals surface area (Å²) in [7, 11) is 0. The molecule has 0 saturated carbocycles. The van der Waals surface area contributed by atoms with Crippen LogP contribution in [0.4, 0.5) is 0 Å². The van der Waals surface area contributed by atoms with E-state index in [1.807, 2.05) is 24.3 Å². The van der Waals surface area contributed by atoms with Crippen molar-refractivity contribution in [2.45, 2.75) is 32.6 Å². The predicted octanol–water partition coefficient (Wildman–Crippen LogP) is 6.98. The number of rotatable bonds is 5. The van der Waals surface area contributed by atoms with E-state index in [0.717, 1.165) is 27.8 Å². The van der Waals surface area contributed by atoms with Crippen LogP contribution in [-0.4, -0.2) is 16.1 Å². The Morgan fingerprint density at radius 1 is 0.690 bits per heavy atom. The monoisotopic (exact) mass is 406 g/mol. The zero-order chi connectivity index (χ0) is 21.0. The van der Waals surface area contributed by atoms with Crippen molar-refractivity contribution in [2.75, 3.05) is 5.88 Å². The van der Waals surface area contributed by atoms with Crippen LogP contribution in [0.2, 0.25) is 0 Å². The van der Waals surface area contributed by atoms with Crippen LogP contribution in [0.5, 0.6) is 11.5 Å². The molecule has 0 bridgehead atoms. The minimum absolute atomic E-state index is 0.0802. The lowest BCUT2D eigenvalue weighted by molar-refractivity contribution is 0.474. The molecule has 0 fully saturated rings. The Morgan fingerprint density at radius 2 is 1.10 bits per heavy atom. The lowest BCUT2D eigenvalue weighted by Crippen LogP contribution is -2.10. The molecule has 0 unspecified atom stereocenters. The third kappa shape index (κ3) is 5.02. The SMILES string of the molecule is CC(C)(C)c1ccc(/C(=C(/CCCl)c2ccc(O)cc2)c2ccc(O)cc2)cc1. The molecule has 150 valence electrons. The van der Waals surface area contributed by atoms with Crippen molar-refractivity contribution in [3.63, 3.8) is 0 Å². The number of hydrogen-bond donors (Lipinski definition) is 2. The van der Waals surface area contributed by atoms with Crippen LogP contribution in [-0.2, 0) is 5.41 Å². The van der Waals surface area contributed by atoms with Crippen molar-refractivity contribution < 1.29 is 10.2 Å². The molecule has 29 heavy (non-hydrogen) atoms. The zero-order valence-electron chi connectivity index (χ0n) is 17.1. The summed E-state index contributed by atoms with van der Waals surface area (Å²) >= 11 is 6.18. The van der Waals surface area contributed by atoms with Gasteiger partial charge in [-0.25, -0.2) is 0 Å². The smallest absolute Gasteiger partial charge is 0.115 e. The van der Waals surface area contributed by atoms with E-state index in [9.17, 15) is 10.2 Å². The Labute approximate surface area is 178 Å². The van der Waals surface area contributed by atoms with Crippen molar-refractivity contribution in [1.82, 2.24) is 0 Å². The Bertz CT molecular complexity index is 977. The van der Waals surface area contributed by atoms with E-state index in [1.54, 1.807) is 24.3 Å². The number of benzene rings is 3. The van der Waals surface area contributed by atoms with E-state index in [1.165, 1.54) is 5.56 Å². The predicted molar refractivity (Wildman–Crippen MR) is 123 cm³/mol. The number of allylic oxidation sites excluding steroid dienone is 1. The quantitative estimate of drug-likeness (QED) is 0.354. The highest BCUT2D eigenvalue weighted by Crippen LogP contribution is 2.36. The summed E-state index contributed by atoms with van der Waals surface area (Å²) in [4.78, 5) is 0. The Kier molecular flexibility index (Phi) is 6.34. The Balaban J connectivity index is 2.24. The molecule has 0 atom stereocenters. The van der Waals surface area contributed by atoms with Crippen molar-refractivity contribution in [3.05, 3.63) is 95.1 Å². The summed E-state index contributed by atoms with van der Waals surface area (Å²) in [5, 5.41) is 19.5. The van der Waals surface area contributed by atoms with Gasteiger partial charge in [-0.1, -0.05) is 69.3 Å². The number of hydrogen-bond acceptors (Lipinski definition) is 2. The average molecular weight is 407 g/mol. The first kappa shape index (κ1) is 21.0. The molecule has 0 aliphatic rings. The second-order valence-corrected chi connectivity index (χ2v) is 8.59. The zero-order valence-corrected chi connectivity index (χ0v) is 17.9. The standard InChI is InChI=1S/C26H27ClO2/c1-26(2,3)21-10-4-19(5-11-21)25(20-8-14-23(29)15-9-20)24(16-17-27)18-6-12-22(28)13-7-18/h4-15,28-29H,16-17H2,1-3H3/b25-24+. The molecule has 3 aromatic rings. The third-order valence-electron chi connectivity index (χ3n) is 5.06. The summed E-state index contributed by atoms with van der Waals surface area (Å²) in [5.74, 6) is 0.956. The van der Waals surface area contributed by atoms with Crippen LogP contribution >= 0.6 is 11.6 Å². The second kappa shape index (κ2) is 8.75. The molecule has 0 saturated heterocycles. The van der Waals surface area contributed by atoms with E-state index in [-0.39, 0.29) is 16.9 Å². The van der Waals surface area contributed by atoms with Gasteiger partial charge >= 0.3 is 0 Å². The van der Waals surface area contributed by atoms with Crippen LogP contribution in [0, 0.1) is 0 Å². The Hall–Kier alpha value is -2.71. The van der Waals surface area contributed by atoms with Gasteiger partial charge in [0.1, 0.15) is 11.5 Å². The molecule has 2 nitrogen and oxygen atoms in total. The maximum absolute atomic E-state index is 9.76. The molecule has 3 rings (SSSR count). The molecule has 0 spiro atoms. The van der Waals surface area contributed by atoms with Crippen molar-refractivity contribution in [2.24, 2.45) is 0 Å². The first-order valence-corrected chi connectivity index (χ1v) is 10.3. The van der Waals surface area contributed by atoms with Crippen LogP contribution in [0.25, 0.3) is 11.1 Å². The second-order valence-electron chi connectivity index (χ2n) is 8.21. The number of alkyl halides is 1. The van der Waals surface area contributed by atoms with Gasteiger partial charge in [0, 0.05) is 5.88 Å². The summed E-state index contributed by atoms with van der Waals surface area (Å²) in [6.07, 6.45) is 0.684. The molecule has 0 heterocycles. The van der Waals surface area contributed by atoms with Gasteiger partial charge in [-0.2, -0.15) is 0 Å². The lowest BCUT2D eigenvalue weighted by atomic mass is 9.84. The highest BCUT2D eigenvalue weighted by molar-refractivity contribution is 6.18. The van der Waals surface area contributed by atoms with E-state index in [4.69, 9.17) is 11.6 Å². The first-order chi connectivity index (χ1) is 13.8. The Morgan fingerprint density at radius 3 is 1.52 bits per heavy atom. The van der Waals surface area contributed by atoms with Crippen LogP contribution in [0.15, 0.2) is 72.8 Å². The molecule has 2 N–H and O–H groups in total. The minimum Gasteiger partial charge on any atom is -0.508 e. The van der Waals surface area contributed by atoms with Crippen molar-refractivity contribution >= 4 is 22.7 Å². The van der Waals surface area contributed by atoms with Gasteiger partial charge in [0.25, 0.3) is 0 Å². The minimum atomic E-state index is 0.0802. The van der Waals surface area contributed by atoms with Gasteiger partial charge in [0.2, 0.25) is 0 Å². The molecular formula is C26H27ClO2. The van der Waals surface area contributed by atoms with E-state index >= 15 is 0 Å². The van der Waals surface area contributed by atoms with Crippen LogP contribution in [0.3, 0.4) is 0 Å².